The van der Waals surface area contributed by atoms with E-state index in [2.05, 4.69) is 56.5 Å². The second-order valence-corrected chi connectivity index (χ2v) is 5.26. The lowest BCUT2D eigenvalue weighted by molar-refractivity contribution is 0.390. The van der Waals surface area contributed by atoms with Crippen LogP contribution in [0.25, 0.3) is 0 Å². The molecule has 96 valence electrons. The monoisotopic (exact) mass is 234 g/mol. The molecule has 0 spiro atoms. The van der Waals surface area contributed by atoms with E-state index in [1.54, 1.807) is 0 Å². The fourth-order valence-corrected chi connectivity index (χ4v) is 2.06. The van der Waals surface area contributed by atoms with Gasteiger partial charge in [0.2, 0.25) is 0 Å². The summed E-state index contributed by atoms with van der Waals surface area (Å²) in [7, 11) is 2.02. The van der Waals surface area contributed by atoms with Crippen molar-refractivity contribution in [3.8, 4) is 0 Å². The lowest BCUT2D eigenvalue weighted by Gasteiger charge is -2.22. The van der Waals surface area contributed by atoms with Gasteiger partial charge >= 0.3 is 0 Å². The Hall–Kier alpha value is -1.02. The number of benzene rings is 1. The van der Waals surface area contributed by atoms with Crippen LogP contribution in [0.2, 0.25) is 0 Å². The first-order chi connectivity index (χ1) is 8.04. The van der Waals surface area contributed by atoms with Gasteiger partial charge in [-0.15, -0.1) is 0 Å². The molecule has 1 aromatic carbocycles. The van der Waals surface area contributed by atoms with E-state index in [1.807, 2.05) is 7.05 Å². The Morgan fingerprint density at radius 2 is 1.82 bits per heavy atom. The molecular formula is C15H26N2. The number of aryl methyl sites for hydroxylation is 2. The van der Waals surface area contributed by atoms with Gasteiger partial charge in [0.15, 0.2) is 0 Å². The summed E-state index contributed by atoms with van der Waals surface area (Å²) in [6.45, 7) is 11.0. The number of rotatable bonds is 6. The molecule has 0 amide bonds. The van der Waals surface area contributed by atoms with Gasteiger partial charge in [-0.25, -0.2) is 0 Å². The second-order valence-electron chi connectivity index (χ2n) is 5.26. The SMILES string of the molecule is CNCC(CNc1ccc(C)cc1C)C(C)C. The van der Waals surface area contributed by atoms with Gasteiger partial charge in [-0.1, -0.05) is 31.5 Å². The van der Waals surface area contributed by atoms with E-state index in [4.69, 9.17) is 0 Å². The Labute approximate surface area is 106 Å². The first-order valence-corrected chi connectivity index (χ1v) is 6.50. The minimum absolute atomic E-state index is 0.667. The first kappa shape index (κ1) is 14.0. The molecule has 0 heterocycles. The van der Waals surface area contributed by atoms with Crippen molar-refractivity contribution in [2.75, 3.05) is 25.5 Å². The van der Waals surface area contributed by atoms with Crippen LogP contribution < -0.4 is 10.6 Å². The van der Waals surface area contributed by atoms with Crippen LogP contribution in [0.1, 0.15) is 25.0 Å². The summed E-state index contributed by atoms with van der Waals surface area (Å²) in [4.78, 5) is 0. The van der Waals surface area contributed by atoms with Crippen LogP contribution in [0.5, 0.6) is 0 Å². The largest absolute Gasteiger partial charge is 0.384 e. The topological polar surface area (TPSA) is 24.1 Å². The summed E-state index contributed by atoms with van der Waals surface area (Å²) in [5, 5.41) is 6.84. The second kappa shape index (κ2) is 6.65. The molecule has 0 fully saturated rings. The number of nitrogens with one attached hydrogen (secondary N) is 2. The van der Waals surface area contributed by atoms with E-state index in [0.29, 0.717) is 11.8 Å². The van der Waals surface area contributed by atoms with Crippen molar-refractivity contribution >= 4 is 5.69 Å². The molecular weight excluding hydrogens is 208 g/mol. The van der Waals surface area contributed by atoms with Gasteiger partial charge < -0.3 is 10.6 Å². The van der Waals surface area contributed by atoms with E-state index in [0.717, 1.165) is 13.1 Å². The molecule has 1 aromatic rings. The maximum absolute atomic E-state index is 3.57. The highest BCUT2D eigenvalue weighted by Gasteiger charge is 2.12. The zero-order valence-corrected chi connectivity index (χ0v) is 11.8. The number of hydrogen-bond acceptors (Lipinski definition) is 2. The normalized spacial score (nSPS) is 12.8. The van der Waals surface area contributed by atoms with Gasteiger partial charge in [-0.3, -0.25) is 0 Å². The Kier molecular flexibility index (Phi) is 5.49. The van der Waals surface area contributed by atoms with E-state index >= 15 is 0 Å². The van der Waals surface area contributed by atoms with Gasteiger partial charge in [0, 0.05) is 12.2 Å². The average Bonchev–Trinajstić information content (AvgIpc) is 2.25. The van der Waals surface area contributed by atoms with Crippen molar-refractivity contribution in [1.29, 1.82) is 0 Å². The lowest BCUT2D eigenvalue weighted by Crippen LogP contribution is -2.29. The van der Waals surface area contributed by atoms with Crippen LogP contribution in [0.15, 0.2) is 18.2 Å². The van der Waals surface area contributed by atoms with Gasteiger partial charge in [0.05, 0.1) is 0 Å². The van der Waals surface area contributed by atoms with Crippen LogP contribution in [0, 0.1) is 25.7 Å². The summed E-state index contributed by atoms with van der Waals surface area (Å²) in [5.41, 5.74) is 3.91. The zero-order valence-electron chi connectivity index (χ0n) is 11.8. The Morgan fingerprint density at radius 1 is 1.12 bits per heavy atom. The highest BCUT2D eigenvalue weighted by atomic mass is 14.9. The van der Waals surface area contributed by atoms with Crippen molar-refractivity contribution in [1.82, 2.24) is 5.32 Å². The van der Waals surface area contributed by atoms with E-state index in [9.17, 15) is 0 Å². The van der Waals surface area contributed by atoms with Gasteiger partial charge in [0.25, 0.3) is 0 Å². The molecule has 0 saturated heterocycles. The summed E-state index contributed by atoms with van der Waals surface area (Å²) in [6.07, 6.45) is 0. The molecule has 1 unspecified atom stereocenters. The maximum Gasteiger partial charge on any atom is 0.0370 e. The van der Waals surface area contributed by atoms with Crippen LogP contribution in [-0.2, 0) is 0 Å². The van der Waals surface area contributed by atoms with Gasteiger partial charge in [-0.05, 0) is 50.9 Å². The van der Waals surface area contributed by atoms with Crippen molar-refractivity contribution in [3.63, 3.8) is 0 Å². The van der Waals surface area contributed by atoms with Crippen LogP contribution in [-0.4, -0.2) is 20.1 Å². The molecule has 17 heavy (non-hydrogen) atoms. The van der Waals surface area contributed by atoms with Crippen LogP contribution >= 0.6 is 0 Å². The van der Waals surface area contributed by atoms with Gasteiger partial charge in [0.1, 0.15) is 0 Å². The summed E-state index contributed by atoms with van der Waals surface area (Å²) >= 11 is 0. The fourth-order valence-electron chi connectivity index (χ4n) is 2.06. The van der Waals surface area contributed by atoms with Crippen molar-refractivity contribution < 1.29 is 0 Å². The molecule has 0 bridgehead atoms. The molecule has 0 aliphatic heterocycles. The predicted molar refractivity (Wildman–Crippen MR) is 76.7 cm³/mol. The third kappa shape index (κ3) is 4.39. The number of anilines is 1. The predicted octanol–water partition coefficient (Wildman–Crippen LogP) is 3.21. The average molecular weight is 234 g/mol. The number of hydrogen-bond donors (Lipinski definition) is 2. The molecule has 0 saturated carbocycles. The lowest BCUT2D eigenvalue weighted by atomic mass is 9.95. The smallest absolute Gasteiger partial charge is 0.0370 e. The molecule has 2 heteroatoms. The zero-order chi connectivity index (χ0) is 12.8. The molecule has 1 rings (SSSR count). The maximum atomic E-state index is 3.57. The third-order valence-corrected chi connectivity index (χ3v) is 3.35. The molecule has 2 N–H and O–H groups in total. The highest BCUT2D eigenvalue weighted by molar-refractivity contribution is 5.51. The molecule has 0 aromatic heterocycles. The van der Waals surface area contributed by atoms with Crippen molar-refractivity contribution in [3.05, 3.63) is 29.3 Å². The summed E-state index contributed by atoms with van der Waals surface area (Å²) < 4.78 is 0. The summed E-state index contributed by atoms with van der Waals surface area (Å²) in [6, 6.07) is 6.57. The first-order valence-electron chi connectivity index (χ1n) is 6.50. The molecule has 1 atom stereocenters. The van der Waals surface area contributed by atoms with Crippen LogP contribution in [0.3, 0.4) is 0 Å². The molecule has 0 radical (unpaired) electrons. The Balaban J connectivity index is 2.59. The van der Waals surface area contributed by atoms with Crippen LogP contribution in [0.4, 0.5) is 5.69 Å². The fraction of sp³-hybridized carbons (Fsp3) is 0.600. The van der Waals surface area contributed by atoms with Crippen molar-refractivity contribution in [2.24, 2.45) is 11.8 Å². The minimum Gasteiger partial charge on any atom is -0.384 e. The van der Waals surface area contributed by atoms with E-state index < -0.39 is 0 Å². The molecule has 2 nitrogen and oxygen atoms in total. The molecule has 0 aliphatic carbocycles. The molecule has 0 aliphatic rings. The minimum atomic E-state index is 0.667. The van der Waals surface area contributed by atoms with Crippen molar-refractivity contribution in [2.45, 2.75) is 27.7 Å². The standard InChI is InChI=1S/C15H26N2/c1-11(2)14(9-16-5)10-17-15-7-6-12(3)8-13(15)4/h6-8,11,14,16-17H,9-10H2,1-5H3. The van der Waals surface area contributed by atoms with E-state index in [-0.39, 0.29) is 0 Å². The Bertz CT molecular complexity index is 345. The van der Waals surface area contributed by atoms with Gasteiger partial charge in [-0.2, -0.15) is 0 Å². The quantitative estimate of drug-likeness (QED) is 0.790. The van der Waals surface area contributed by atoms with E-state index in [1.165, 1.54) is 16.8 Å². The Morgan fingerprint density at radius 3 is 2.35 bits per heavy atom. The third-order valence-electron chi connectivity index (χ3n) is 3.35. The summed E-state index contributed by atoms with van der Waals surface area (Å²) in [5.74, 6) is 1.36. The highest BCUT2D eigenvalue weighted by Crippen LogP contribution is 2.18.